The number of rotatable bonds is 6. The molecule has 0 amide bonds. The molecule has 0 aliphatic rings. The molecule has 0 bridgehead atoms. The number of aryl methyl sites for hydroxylation is 1. The molecule has 0 aliphatic heterocycles. The molecule has 0 saturated carbocycles. The van der Waals surface area contributed by atoms with E-state index < -0.39 is 0 Å². The summed E-state index contributed by atoms with van der Waals surface area (Å²) in [5.74, 6) is 2.07. The second-order valence-electron chi connectivity index (χ2n) is 5.48. The minimum atomic E-state index is 0.654. The number of benzene rings is 2. The second kappa shape index (κ2) is 7.17. The normalized spacial score (nSPS) is 10.6. The van der Waals surface area contributed by atoms with E-state index in [4.69, 9.17) is 9.47 Å². The Bertz CT molecular complexity index is 849. The summed E-state index contributed by atoms with van der Waals surface area (Å²) in [6.45, 7) is 2.17. The fourth-order valence-corrected chi connectivity index (χ4v) is 2.74. The number of anilines is 2. The zero-order valence-electron chi connectivity index (χ0n) is 14.2. The minimum Gasteiger partial charge on any atom is -0.493 e. The molecular weight excluding hydrogens is 302 g/mol. The lowest BCUT2D eigenvalue weighted by Crippen LogP contribution is -2.00. The smallest absolute Gasteiger partial charge is 0.162 e. The van der Waals surface area contributed by atoms with E-state index in [9.17, 15) is 0 Å². The average Bonchev–Trinajstić information content (AvgIpc) is 2.62. The molecule has 0 atom stereocenters. The van der Waals surface area contributed by atoms with Crippen molar-refractivity contribution in [2.45, 2.75) is 19.8 Å². The van der Waals surface area contributed by atoms with E-state index in [1.165, 1.54) is 5.56 Å². The first kappa shape index (κ1) is 16.1. The third kappa shape index (κ3) is 3.11. The summed E-state index contributed by atoms with van der Waals surface area (Å²) >= 11 is 0. The van der Waals surface area contributed by atoms with Gasteiger partial charge in [0.1, 0.15) is 12.1 Å². The highest BCUT2D eigenvalue weighted by atomic mass is 16.5. The molecule has 24 heavy (non-hydrogen) atoms. The first-order valence-corrected chi connectivity index (χ1v) is 7.98. The molecule has 1 N–H and O–H groups in total. The van der Waals surface area contributed by atoms with Crippen LogP contribution in [0, 0.1) is 0 Å². The van der Waals surface area contributed by atoms with Crippen molar-refractivity contribution in [3.05, 3.63) is 48.3 Å². The molecule has 0 fully saturated rings. The van der Waals surface area contributed by atoms with Crippen LogP contribution in [0.15, 0.2) is 42.7 Å². The van der Waals surface area contributed by atoms with Crippen LogP contribution in [0.1, 0.15) is 18.9 Å². The SMILES string of the molecule is CCCc1ccccc1Nc1ncnc2cc(OC)c(OC)cc12. The molecule has 3 rings (SSSR count). The maximum atomic E-state index is 5.40. The second-order valence-corrected chi connectivity index (χ2v) is 5.48. The van der Waals surface area contributed by atoms with Crippen LogP contribution in [-0.4, -0.2) is 24.2 Å². The molecule has 5 nitrogen and oxygen atoms in total. The number of ether oxygens (including phenoxy) is 2. The van der Waals surface area contributed by atoms with Crippen molar-refractivity contribution < 1.29 is 9.47 Å². The maximum absolute atomic E-state index is 5.40. The highest BCUT2D eigenvalue weighted by Crippen LogP contribution is 2.34. The summed E-state index contributed by atoms with van der Waals surface area (Å²) in [5.41, 5.74) is 3.14. The van der Waals surface area contributed by atoms with Gasteiger partial charge in [-0.2, -0.15) is 0 Å². The number of hydrogen-bond donors (Lipinski definition) is 1. The number of nitrogens with one attached hydrogen (secondary N) is 1. The van der Waals surface area contributed by atoms with Gasteiger partial charge in [-0.25, -0.2) is 9.97 Å². The number of nitrogens with zero attached hydrogens (tertiary/aromatic N) is 2. The maximum Gasteiger partial charge on any atom is 0.162 e. The Balaban J connectivity index is 2.07. The Morgan fingerprint density at radius 2 is 1.75 bits per heavy atom. The van der Waals surface area contributed by atoms with Crippen LogP contribution in [0.4, 0.5) is 11.5 Å². The van der Waals surface area contributed by atoms with Gasteiger partial charge < -0.3 is 14.8 Å². The lowest BCUT2D eigenvalue weighted by atomic mass is 10.1. The van der Waals surface area contributed by atoms with Gasteiger partial charge in [0.25, 0.3) is 0 Å². The summed E-state index contributed by atoms with van der Waals surface area (Å²) in [6, 6.07) is 12.0. The zero-order valence-corrected chi connectivity index (χ0v) is 14.2. The largest absolute Gasteiger partial charge is 0.493 e. The van der Waals surface area contributed by atoms with Crippen molar-refractivity contribution in [3.63, 3.8) is 0 Å². The van der Waals surface area contributed by atoms with Gasteiger partial charge in [-0.1, -0.05) is 31.5 Å². The Kier molecular flexibility index (Phi) is 4.79. The van der Waals surface area contributed by atoms with Crippen LogP contribution in [0.2, 0.25) is 0 Å². The Morgan fingerprint density at radius 1 is 1.00 bits per heavy atom. The molecule has 5 heteroatoms. The number of methoxy groups -OCH3 is 2. The van der Waals surface area contributed by atoms with Gasteiger partial charge in [0, 0.05) is 17.1 Å². The summed E-state index contributed by atoms with van der Waals surface area (Å²) in [7, 11) is 3.24. The predicted octanol–water partition coefficient (Wildman–Crippen LogP) is 4.34. The van der Waals surface area contributed by atoms with Crippen molar-refractivity contribution >= 4 is 22.4 Å². The molecule has 2 aromatic carbocycles. The molecule has 1 heterocycles. The van der Waals surface area contributed by atoms with Crippen LogP contribution in [-0.2, 0) is 6.42 Å². The van der Waals surface area contributed by atoms with E-state index in [-0.39, 0.29) is 0 Å². The highest BCUT2D eigenvalue weighted by Gasteiger charge is 2.12. The van der Waals surface area contributed by atoms with Crippen molar-refractivity contribution in [1.82, 2.24) is 9.97 Å². The Labute approximate surface area is 141 Å². The third-order valence-corrected chi connectivity index (χ3v) is 3.93. The molecule has 124 valence electrons. The predicted molar refractivity (Wildman–Crippen MR) is 96.4 cm³/mol. The van der Waals surface area contributed by atoms with Crippen molar-refractivity contribution in [3.8, 4) is 11.5 Å². The van der Waals surface area contributed by atoms with Gasteiger partial charge in [0.05, 0.1) is 19.7 Å². The summed E-state index contributed by atoms with van der Waals surface area (Å²) in [4.78, 5) is 8.76. The van der Waals surface area contributed by atoms with Crippen LogP contribution >= 0.6 is 0 Å². The topological polar surface area (TPSA) is 56.3 Å². The van der Waals surface area contributed by atoms with Crippen LogP contribution in [0.3, 0.4) is 0 Å². The standard InChI is InChI=1S/C19H21N3O2/c1-4-7-13-8-5-6-9-15(13)22-19-14-10-17(23-2)18(24-3)11-16(14)20-12-21-19/h5-6,8-12H,4,7H2,1-3H3,(H,20,21,22). The molecule has 0 unspecified atom stereocenters. The summed E-state index contributed by atoms with van der Waals surface area (Å²) in [6.07, 6.45) is 3.66. The molecule has 0 aliphatic carbocycles. The number of fused-ring (bicyclic) bond motifs is 1. The van der Waals surface area contributed by atoms with Crippen LogP contribution in [0.25, 0.3) is 10.9 Å². The summed E-state index contributed by atoms with van der Waals surface area (Å²) < 4.78 is 10.8. The average molecular weight is 323 g/mol. The van der Waals surface area contributed by atoms with E-state index in [1.54, 1.807) is 20.5 Å². The lowest BCUT2D eigenvalue weighted by Gasteiger charge is -2.14. The van der Waals surface area contributed by atoms with Crippen molar-refractivity contribution in [1.29, 1.82) is 0 Å². The number of para-hydroxylation sites is 1. The molecule has 0 saturated heterocycles. The Morgan fingerprint density at radius 3 is 2.50 bits per heavy atom. The fourth-order valence-electron chi connectivity index (χ4n) is 2.74. The monoisotopic (exact) mass is 323 g/mol. The van der Waals surface area contributed by atoms with Crippen molar-refractivity contribution in [2.75, 3.05) is 19.5 Å². The van der Waals surface area contributed by atoms with Gasteiger partial charge in [-0.05, 0) is 24.1 Å². The molecule has 0 radical (unpaired) electrons. The van der Waals surface area contributed by atoms with Crippen molar-refractivity contribution in [2.24, 2.45) is 0 Å². The van der Waals surface area contributed by atoms with E-state index in [2.05, 4.69) is 40.4 Å². The van der Waals surface area contributed by atoms with Crippen LogP contribution in [0.5, 0.6) is 11.5 Å². The first-order chi connectivity index (χ1) is 11.8. The zero-order chi connectivity index (χ0) is 16.9. The van der Waals surface area contributed by atoms with E-state index in [0.717, 1.165) is 35.2 Å². The molecule has 3 aromatic rings. The first-order valence-electron chi connectivity index (χ1n) is 7.98. The quantitative estimate of drug-likeness (QED) is 0.731. The lowest BCUT2D eigenvalue weighted by molar-refractivity contribution is 0.356. The van der Waals surface area contributed by atoms with E-state index in [1.807, 2.05) is 18.2 Å². The van der Waals surface area contributed by atoms with Gasteiger partial charge in [0.15, 0.2) is 11.5 Å². The molecule has 1 aromatic heterocycles. The molecule has 0 spiro atoms. The van der Waals surface area contributed by atoms with Gasteiger partial charge >= 0.3 is 0 Å². The Hall–Kier alpha value is -2.82. The van der Waals surface area contributed by atoms with Crippen LogP contribution < -0.4 is 14.8 Å². The number of hydrogen-bond acceptors (Lipinski definition) is 5. The van der Waals surface area contributed by atoms with E-state index in [0.29, 0.717) is 11.5 Å². The molecular formula is C19H21N3O2. The summed E-state index contributed by atoms with van der Waals surface area (Å²) in [5, 5.41) is 4.33. The fraction of sp³-hybridized carbons (Fsp3) is 0.263. The minimum absolute atomic E-state index is 0.654. The number of aromatic nitrogens is 2. The third-order valence-electron chi connectivity index (χ3n) is 3.93. The highest BCUT2D eigenvalue weighted by molar-refractivity contribution is 5.93. The van der Waals surface area contributed by atoms with Gasteiger partial charge in [-0.3, -0.25) is 0 Å². The van der Waals surface area contributed by atoms with Gasteiger partial charge in [-0.15, -0.1) is 0 Å². The van der Waals surface area contributed by atoms with E-state index >= 15 is 0 Å². The van der Waals surface area contributed by atoms with Gasteiger partial charge in [0.2, 0.25) is 0 Å².